The Hall–Kier alpha value is -1.36. The van der Waals surface area contributed by atoms with Crippen molar-refractivity contribution in [3.05, 3.63) is 12.2 Å². The van der Waals surface area contributed by atoms with Gasteiger partial charge in [-0.25, -0.2) is 4.79 Å². The van der Waals surface area contributed by atoms with Crippen molar-refractivity contribution in [2.75, 3.05) is 13.2 Å². The van der Waals surface area contributed by atoms with Crippen LogP contribution in [0.2, 0.25) is 0 Å². The van der Waals surface area contributed by atoms with Crippen molar-refractivity contribution in [3.8, 4) is 0 Å². The van der Waals surface area contributed by atoms with E-state index in [4.69, 9.17) is 4.74 Å². The third-order valence-corrected chi connectivity index (χ3v) is 1.56. The fourth-order valence-electron chi connectivity index (χ4n) is 0.859. The molecule has 1 aliphatic rings. The number of hydrogen-bond acceptors (Lipinski definition) is 5. The molecule has 72 valence electrons. The molecule has 13 heavy (non-hydrogen) atoms. The number of cyclic esters (lactones) is 1. The van der Waals surface area contributed by atoms with Gasteiger partial charge >= 0.3 is 11.9 Å². The molecule has 0 aromatic heterocycles. The van der Waals surface area contributed by atoms with Gasteiger partial charge in [0.05, 0.1) is 6.42 Å². The third kappa shape index (κ3) is 2.55. The molecule has 0 aromatic rings. The highest BCUT2D eigenvalue weighted by atomic mass is 16.6. The summed E-state index contributed by atoms with van der Waals surface area (Å²) in [5, 5.41) is 10.2. The van der Waals surface area contributed by atoms with Gasteiger partial charge in [0, 0.05) is 5.57 Å². The summed E-state index contributed by atoms with van der Waals surface area (Å²) >= 11 is 0. The summed E-state index contributed by atoms with van der Waals surface area (Å²) in [6, 6.07) is 0. The van der Waals surface area contributed by atoms with E-state index < -0.39 is 24.6 Å². The minimum atomic E-state index is -0.752. The van der Waals surface area contributed by atoms with Crippen LogP contribution in [0.1, 0.15) is 6.42 Å². The predicted octanol–water partition coefficient (Wildman–Crippen LogP) is -1.24. The van der Waals surface area contributed by atoms with Crippen LogP contribution in [-0.4, -0.2) is 31.3 Å². The molecule has 1 saturated heterocycles. The summed E-state index contributed by atoms with van der Waals surface area (Å²) in [5.74, 6) is -1.15. The highest BCUT2D eigenvalue weighted by molar-refractivity contribution is 5.88. The minimum absolute atomic E-state index is 0.0534. The highest BCUT2D eigenvalue weighted by Crippen LogP contribution is 2.11. The smallest absolute Gasteiger partial charge is 0.332 e. The van der Waals surface area contributed by atoms with E-state index in [1.54, 1.807) is 0 Å². The number of carbonyl (C=O) groups is 2. The standard InChI is InChI=1S/C8H9O5/c1-5(3-9)8(11)13-6-2-7(10)12-4-6/h6H,1-4H2/q-1. The van der Waals surface area contributed by atoms with E-state index in [-0.39, 0.29) is 18.6 Å². The summed E-state index contributed by atoms with van der Waals surface area (Å²) in [4.78, 5) is 21.5. The molecule has 0 bridgehead atoms. The molecule has 0 aliphatic carbocycles. The van der Waals surface area contributed by atoms with Gasteiger partial charge in [-0.15, -0.1) is 6.61 Å². The molecule has 1 rings (SSSR count). The van der Waals surface area contributed by atoms with Gasteiger partial charge in [-0.2, -0.15) is 0 Å². The average molecular weight is 185 g/mol. The van der Waals surface area contributed by atoms with Gasteiger partial charge in [-0.3, -0.25) is 4.79 Å². The van der Waals surface area contributed by atoms with Crippen LogP contribution >= 0.6 is 0 Å². The highest BCUT2D eigenvalue weighted by Gasteiger charge is 2.27. The van der Waals surface area contributed by atoms with E-state index in [9.17, 15) is 14.7 Å². The normalized spacial score (nSPS) is 21.0. The fraction of sp³-hybridized carbons (Fsp3) is 0.500. The molecule has 1 atom stereocenters. The Morgan fingerprint density at radius 2 is 2.46 bits per heavy atom. The van der Waals surface area contributed by atoms with Gasteiger partial charge in [-0.05, 0) is 0 Å². The van der Waals surface area contributed by atoms with Gasteiger partial charge in [0.25, 0.3) is 0 Å². The van der Waals surface area contributed by atoms with E-state index in [0.717, 1.165) is 0 Å². The Morgan fingerprint density at radius 3 is 2.92 bits per heavy atom. The zero-order valence-corrected chi connectivity index (χ0v) is 6.95. The second kappa shape index (κ2) is 4.04. The van der Waals surface area contributed by atoms with Crippen molar-refractivity contribution in [2.45, 2.75) is 12.5 Å². The molecule has 0 radical (unpaired) electrons. The summed E-state index contributed by atoms with van der Waals surface area (Å²) in [6.07, 6.45) is -0.513. The van der Waals surface area contributed by atoms with Crippen molar-refractivity contribution < 1.29 is 24.2 Å². The fourth-order valence-corrected chi connectivity index (χ4v) is 0.859. The van der Waals surface area contributed by atoms with E-state index in [1.807, 2.05) is 0 Å². The van der Waals surface area contributed by atoms with Crippen molar-refractivity contribution in [1.82, 2.24) is 0 Å². The second-order valence-corrected chi connectivity index (χ2v) is 2.66. The lowest BCUT2D eigenvalue weighted by molar-refractivity contribution is -0.355. The van der Waals surface area contributed by atoms with Gasteiger partial charge in [0.1, 0.15) is 12.7 Å². The minimum Gasteiger partial charge on any atom is -0.851 e. The number of esters is 2. The Kier molecular flexibility index (Phi) is 3.02. The molecule has 0 saturated carbocycles. The maximum absolute atomic E-state index is 10.9. The first-order valence-electron chi connectivity index (χ1n) is 3.76. The van der Waals surface area contributed by atoms with E-state index in [0.29, 0.717) is 0 Å². The summed E-state index contributed by atoms with van der Waals surface area (Å²) in [6.45, 7) is 2.59. The number of hydrogen-bond donors (Lipinski definition) is 0. The van der Waals surface area contributed by atoms with Crippen molar-refractivity contribution in [1.29, 1.82) is 0 Å². The quantitative estimate of drug-likeness (QED) is 0.406. The van der Waals surface area contributed by atoms with Crippen LogP contribution in [0.25, 0.3) is 0 Å². The second-order valence-electron chi connectivity index (χ2n) is 2.66. The number of ether oxygens (including phenoxy) is 2. The Bertz CT molecular complexity index is 245. The van der Waals surface area contributed by atoms with Gasteiger partial charge in [-0.1, -0.05) is 6.58 Å². The zero-order chi connectivity index (χ0) is 9.84. The van der Waals surface area contributed by atoms with Crippen molar-refractivity contribution in [2.24, 2.45) is 0 Å². The van der Waals surface area contributed by atoms with Crippen LogP contribution in [0.3, 0.4) is 0 Å². The largest absolute Gasteiger partial charge is 0.851 e. The van der Waals surface area contributed by atoms with Crippen LogP contribution in [0.4, 0.5) is 0 Å². The Balaban J connectivity index is 2.37. The van der Waals surface area contributed by atoms with Crippen LogP contribution in [0.5, 0.6) is 0 Å². The Labute approximate surface area is 74.9 Å². The lowest BCUT2D eigenvalue weighted by atomic mass is 10.3. The lowest BCUT2D eigenvalue weighted by Crippen LogP contribution is -2.23. The van der Waals surface area contributed by atoms with Gasteiger partial charge in [0.2, 0.25) is 0 Å². The SMILES string of the molecule is C=C(C[O-])C(=O)OC1COC(=O)C1. The molecule has 0 spiro atoms. The lowest BCUT2D eigenvalue weighted by Gasteiger charge is -2.11. The number of rotatable bonds is 3. The van der Waals surface area contributed by atoms with Gasteiger partial charge < -0.3 is 14.6 Å². The van der Waals surface area contributed by atoms with Crippen LogP contribution < -0.4 is 5.11 Å². The molecule has 0 N–H and O–H groups in total. The number of carbonyl (C=O) groups excluding carboxylic acids is 2. The third-order valence-electron chi connectivity index (χ3n) is 1.56. The molecule has 5 nitrogen and oxygen atoms in total. The van der Waals surface area contributed by atoms with Crippen LogP contribution in [0.15, 0.2) is 12.2 Å². The summed E-state index contributed by atoms with van der Waals surface area (Å²) < 4.78 is 9.31. The zero-order valence-electron chi connectivity index (χ0n) is 6.95. The maximum atomic E-state index is 10.9. The maximum Gasteiger partial charge on any atom is 0.332 e. The molecule has 1 fully saturated rings. The molecule has 1 aliphatic heterocycles. The van der Waals surface area contributed by atoms with Gasteiger partial charge in [0.15, 0.2) is 0 Å². The van der Waals surface area contributed by atoms with E-state index in [2.05, 4.69) is 11.3 Å². The predicted molar refractivity (Wildman–Crippen MR) is 39.5 cm³/mol. The monoisotopic (exact) mass is 185 g/mol. The first kappa shape index (κ1) is 9.73. The van der Waals surface area contributed by atoms with Crippen LogP contribution in [0, 0.1) is 0 Å². The molecular weight excluding hydrogens is 176 g/mol. The summed E-state index contributed by atoms with van der Waals surface area (Å²) in [7, 11) is 0. The molecule has 5 heteroatoms. The molecule has 1 unspecified atom stereocenters. The Morgan fingerprint density at radius 1 is 1.77 bits per heavy atom. The first-order chi connectivity index (χ1) is 6.13. The van der Waals surface area contributed by atoms with Crippen molar-refractivity contribution in [3.63, 3.8) is 0 Å². The molecule has 0 aromatic carbocycles. The summed E-state index contributed by atoms with van der Waals surface area (Å²) in [5.41, 5.74) is -0.139. The topological polar surface area (TPSA) is 75.7 Å². The molecular formula is C8H9O5-. The first-order valence-corrected chi connectivity index (χ1v) is 3.76. The van der Waals surface area contributed by atoms with E-state index in [1.165, 1.54) is 0 Å². The average Bonchev–Trinajstić information content (AvgIpc) is 2.49. The van der Waals surface area contributed by atoms with Crippen LogP contribution in [-0.2, 0) is 19.1 Å². The van der Waals surface area contributed by atoms with E-state index >= 15 is 0 Å². The molecule has 0 amide bonds. The molecule has 1 heterocycles. The van der Waals surface area contributed by atoms with Crippen molar-refractivity contribution >= 4 is 11.9 Å².